The third kappa shape index (κ3) is 6.01. The number of nitrogens with zero attached hydrogens (tertiary/aromatic N) is 2. The Hall–Kier alpha value is -3.68. The van der Waals surface area contributed by atoms with Crippen molar-refractivity contribution in [3.63, 3.8) is 0 Å². The lowest BCUT2D eigenvalue weighted by atomic mass is 10.1. The molecular weight excluding hydrogens is 515 g/mol. The van der Waals surface area contributed by atoms with Gasteiger partial charge in [-0.3, -0.25) is 14.4 Å². The summed E-state index contributed by atoms with van der Waals surface area (Å²) in [5.74, 6) is -1.79. The number of hydrogen-bond donors (Lipinski definition) is 0. The molecule has 0 aromatic heterocycles. The van der Waals surface area contributed by atoms with Crippen LogP contribution in [-0.4, -0.2) is 41.2 Å². The van der Waals surface area contributed by atoms with Crippen LogP contribution in [0.2, 0.25) is 10.0 Å². The van der Waals surface area contributed by atoms with Gasteiger partial charge in [0.1, 0.15) is 6.04 Å². The number of anilines is 1. The van der Waals surface area contributed by atoms with Gasteiger partial charge in [-0.05, 0) is 60.5 Å². The van der Waals surface area contributed by atoms with Crippen molar-refractivity contribution in [3.8, 4) is 0 Å². The van der Waals surface area contributed by atoms with Gasteiger partial charge in [-0.1, -0.05) is 53.5 Å². The van der Waals surface area contributed by atoms with Crippen LogP contribution in [-0.2, 0) is 32.1 Å². The molecule has 3 aromatic carbocycles. The molecule has 0 N–H and O–H groups in total. The quantitative estimate of drug-likeness (QED) is 0.295. The minimum atomic E-state index is -1.01. The normalized spacial score (nSPS) is 15.1. The first-order chi connectivity index (χ1) is 17.8. The first-order valence-electron chi connectivity index (χ1n) is 11.7. The minimum absolute atomic E-state index is 0.0217. The summed E-state index contributed by atoms with van der Waals surface area (Å²) in [5.41, 5.74) is 2.00. The van der Waals surface area contributed by atoms with Gasteiger partial charge in [0.05, 0.1) is 30.7 Å². The molecule has 190 valence electrons. The topological polar surface area (TPSA) is 84.0 Å². The van der Waals surface area contributed by atoms with Crippen LogP contribution in [0.15, 0.2) is 72.8 Å². The van der Waals surface area contributed by atoms with Crippen LogP contribution < -0.4 is 4.90 Å². The van der Waals surface area contributed by atoms with Gasteiger partial charge in [0.15, 0.2) is 0 Å². The highest BCUT2D eigenvalue weighted by molar-refractivity contribution is 6.31. The summed E-state index contributed by atoms with van der Waals surface area (Å²) in [6.45, 7) is 2.00. The van der Waals surface area contributed by atoms with Crippen LogP contribution in [0, 0.1) is 0 Å². The van der Waals surface area contributed by atoms with Gasteiger partial charge in [-0.25, -0.2) is 9.69 Å². The second kappa shape index (κ2) is 11.6. The molecule has 0 bridgehead atoms. The Morgan fingerprint density at radius 3 is 2.30 bits per heavy atom. The van der Waals surface area contributed by atoms with Crippen LogP contribution in [0.5, 0.6) is 0 Å². The van der Waals surface area contributed by atoms with E-state index < -0.39 is 23.8 Å². The summed E-state index contributed by atoms with van der Waals surface area (Å²) in [4.78, 5) is 54.4. The molecule has 1 saturated heterocycles. The number of carbonyl (C=O) groups excluding carboxylic acids is 4. The van der Waals surface area contributed by atoms with Crippen molar-refractivity contribution in [2.24, 2.45) is 0 Å². The van der Waals surface area contributed by atoms with Gasteiger partial charge in [0.25, 0.3) is 5.91 Å². The molecule has 4 rings (SSSR count). The van der Waals surface area contributed by atoms with E-state index in [0.29, 0.717) is 26.9 Å². The lowest BCUT2D eigenvalue weighted by molar-refractivity contribution is -0.138. The van der Waals surface area contributed by atoms with E-state index in [2.05, 4.69) is 0 Å². The van der Waals surface area contributed by atoms with Gasteiger partial charge < -0.3 is 9.64 Å². The van der Waals surface area contributed by atoms with Crippen molar-refractivity contribution >= 4 is 52.6 Å². The Balaban J connectivity index is 1.61. The van der Waals surface area contributed by atoms with Crippen molar-refractivity contribution in [2.75, 3.05) is 11.5 Å². The zero-order valence-electron chi connectivity index (χ0n) is 20.0. The fraction of sp³-hybridized carbons (Fsp3) is 0.214. The Morgan fingerprint density at radius 2 is 1.65 bits per heavy atom. The van der Waals surface area contributed by atoms with Crippen molar-refractivity contribution in [1.29, 1.82) is 0 Å². The summed E-state index contributed by atoms with van der Waals surface area (Å²) in [5, 5.41) is 1.00. The smallest absolute Gasteiger partial charge is 0.338 e. The number of carbonyl (C=O) groups is 4. The summed E-state index contributed by atoms with van der Waals surface area (Å²) < 4.78 is 4.98. The molecule has 3 aromatic rings. The number of amides is 3. The Bertz CT molecular complexity index is 1330. The van der Waals surface area contributed by atoms with Crippen LogP contribution in [0.25, 0.3) is 0 Å². The summed E-state index contributed by atoms with van der Waals surface area (Å²) >= 11 is 12.3. The highest BCUT2D eigenvalue weighted by Crippen LogP contribution is 2.29. The molecule has 7 nitrogen and oxygen atoms in total. The average molecular weight is 539 g/mol. The summed E-state index contributed by atoms with van der Waals surface area (Å²) in [6.07, 6.45) is -0.150. The largest absolute Gasteiger partial charge is 0.462 e. The molecule has 1 fully saturated rings. The fourth-order valence-electron chi connectivity index (χ4n) is 4.15. The van der Waals surface area contributed by atoms with Gasteiger partial charge >= 0.3 is 5.97 Å². The maximum Gasteiger partial charge on any atom is 0.338 e. The molecule has 1 unspecified atom stereocenters. The standard InChI is InChI=1S/C28H24Cl2N2O5/c1-2-37-28(36)19-9-13-22(14-10-19)32-26(34)16-24(27(32)35)31(17-20-5-3-4-6-23(20)30)25(33)15-18-7-11-21(29)12-8-18/h3-14,24H,2,15-17H2,1H3. The van der Waals surface area contributed by atoms with E-state index in [4.69, 9.17) is 27.9 Å². The van der Waals surface area contributed by atoms with Gasteiger partial charge in [0, 0.05) is 16.6 Å². The molecule has 0 aliphatic carbocycles. The molecule has 1 heterocycles. The maximum absolute atomic E-state index is 13.5. The monoisotopic (exact) mass is 538 g/mol. The zero-order valence-corrected chi connectivity index (χ0v) is 21.5. The van der Waals surface area contributed by atoms with Crippen LogP contribution in [0.1, 0.15) is 34.8 Å². The van der Waals surface area contributed by atoms with E-state index in [9.17, 15) is 19.2 Å². The van der Waals surface area contributed by atoms with E-state index >= 15 is 0 Å². The molecule has 9 heteroatoms. The molecule has 1 aliphatic rings. The molecular formula is C28H24Cl2N2O5. The number of imide groups is 1. The lowest BCUT2D eigenvalue weighted by Gasteiger charge is -2.28. The molecule has 37 heavy (non-hydrogen) atoms. The molecule has 1 aliphatic heterocycles. The Morgan fingerprint density at radius 1 is 0.973 bits per heavy atom. The van der Waals surface area contributed by atoms with Gasteiger partial charge in [-0.15, -0.1) is 0 Å². The second-order valence-corrected chi connectivity index (χ2v) is 9.31. The van der Waals surface area contributed by atoms with E-state index in [-0.39, 0.29) is 31.9 Å². The third-order valence-electron chi connectivity index (χ3n) is 6.02. The van der Waals surface area contributed by atoms with E-state index in [1.54, 1.807) is 55.5 Å². The van der Waals surface area contributed by atoms with Crippen molar-refractivity contribution in [1.82, 2.24) is 4.90 Å². The highest BCUT2D eigenvalue weighted by atomic mass is 35.5. The second-order valence-electron chi connectivity index (χ2n) is 8.47. The molecule has 0 spiro atoms. The number of ether oxygens (including phenoxy) is 1. The number of esters is 1. The molecule has 3 amide bonds. The summed E-state index contributed by atoms with van der Waals surface area (Å²) in [6, 6.07) is 18.9. The molecule has 0 radical (unpaired) electrons. The average Bonchev–Trinajstić information content (AvgIpc) is 3.18. The SMILES string of the molecule is CCOC(=O)c1ccc(N2C(=O)CC(N(Cc3ccccc3Cl)C(=O)Cc3ccc(Cl)cc3)C2=O)cc1. The van der Waals surface area contributed by atoms with Crippen LogP contribution in [0.3, 0.4) is 0 Å². The molecule has 0 saturated carbocycles. The van der Waals surface area contributed by atoms with Crippen molar-refractivity contribution in [2.45, 2.75) is 32.4 Å². The first kappa shape index (κ1) is 26.4. The number of hydrogen-bond acceptors (Lipinski definition) is 5. The van der Waals surface area contributed by atoms with E-state index in [1.807, 2.05) is 0 Å². The predicted octanol–water partition coefficient (Wildman–Crippen LogP) is 5.07. The minimum Gasteiger partial charge on any atom is -0.462 e. The van der Waals surface area contributed by atoms with E-state index in [0.717, 1.165) is 10.5 Å². The van der Waals surface area contributed by atoms with Gasteiger partial charge in [-0.2, -0.15) is 0 Å². The number of rotatable bonds is 8. The lowest BCUT2D eigenvalue weighted by Crippen LogP contribution is -2.45. The molecule has 1 atom stereocenters. The predicted molar refractivity (Wildman–Crippen MR) is 140 cm³/mol. The van der Waals surface area contributed by atoms with Crippen LogP contribution >= 0.6 is 23.2 Å². The van der Waals surface area contributed by atoms with Crippen LogP contribution in [0.4, 0.5) is 5.69 Å². The Kier molecular flexibility index (Phi) is 8.26. The summed E-state index contributed by atoms with van der Waals surface area (Å²) in [7, 11) is 0. The van der Waals surface area contributed by atoms with E-state index in [1.165, 1.54) is 29.2 Å². The maximum atomic E-state index is 13.5. The number of halogens is 2. The zero-order chi connectivity index (χ0) is 26.5. The third-order valence-corrected chi connectivity index (χ3v) is 6.64. The Labute approximate surface area is 224 Å². The fourth-order valence-corrected chi connectivity index (χ4v) is 4.47. The first-order valence-corrected chi connectivity index (χ1v) is 12.5. The number of benzene rings is 3. The van der Waals surface area contributed by atoms with Crippen molar-refractivity contribution < 1.29 is 23.9 Å². The van der Waals surface area contributed by atoms with Gasteiger partial charge in [0.2, 0.25) is 11.8 Å². The van der Waals surface area contributed by atoms with Crippen molar-refractivity contribution in [3.05, 3.63) is 99.5 Å². The highest BCUT2D eigenvalue weighted by Gasteiger charge is 2.44.